The van der Waals surface area contributed by atoms with Gasteiger partial charge >= 0.3 is 29.6 Å². The molecule has 0 aliphatic carbocycles. The molecule has 1 aliphatic heterocycles. The fraction of sp³-hybridized carbons (Fsp3) is 0.320. The first kappa shape index (κ1) is 26.0. The second kappa shape index (κ2) is 12.7. The third kappa shape index (κ3) is 6.39. The van der Waals surface area contributed by atoms with Crippen molar-refractivity contribution in [3.63, 3.8) is 0 Å². The summed E-state index contributed by atoms with van der Waals surface area (Å²) in [7, 11) is 0. The zero-order valence-electron chi connectivity index (χ0n) is 19.3. The number of pyridine rings is 1. The third-order valence-electron chi connectivity index (χ3n) is 5.76. The second-order valence-corrected chi connectivity index (χ2v) is 7.79. The van der Waals surface area contributed by atoms with Gasteiger partial charge in [0.05, 0.1) is 6.04 Å². The molecule has 2 heterocycles. The van der Waals surface area contributed by atoms with Gasteiger partial charge in [0.2, 0.25) is 0 Å². The van der Waals surface area contributed by atoms with E-state index in [9.17, 15) is 0 Å². The van der Waals surface area contributed by atoms with Crippen molar-refractivity contribution in [2.24, 2.45) is 11.6 Å². The number of likely N-dealkylation sites (tertiary alicyclic amines) is 1. The van der Waals surface area contributed by atoms with Crippen molar-refractivity contribution < 1.29 is 29.6 Å². The molecule has 2 aromatic rings. The molecule has 2 atom stereocenters. The van der Waals surface area contributed by atoms with E-state index in [1.165, 1.54) is 6.20 Å². The van der Waals surface area contributed by atoms with E-state index in [0.29, 0.717) is 6.42 Å². The van der Waals surface area contributed by atoms with Crippen molar-refractivity contribution in [1.29, 1.82) is 0 Å². The number of hydrazine groups is 1. The zero-order valence-corrected chi connectivity index (χ0v) is 21.3. The molecule has 0 radical (unpaired) electrons. The van der Waals surface area contributed by atoms with Crippen LogP contribution in [0.15, 0.2) is 79.0 Å². The number of hydrogen-bond acceptors (Lipinski definition) is 6. The van der Waals surface area contributed by atoms with Crippen molar-refractivity contribution in [2.75, 3.05) is 6.54 Å². The first-order valence-electron chi connectivity index (χ1n) is 10.8. The normalized spacial score (nSPS) is 16.8. The van der Waals surface area contributed by atoms with Crippen LogP contribution in [0.2, 0.25) is 0 Å². The minimum absolute atomic E-state index is 0. The van der Waals surface area contributed by atoms with Crippen LogP contribution in [0.5, 0.6) is 0 Å². The predicted octanol–water partition coefficient (Wildman–Crippen LogP) is 0.272. The fourth-order valence-electron chi connectivity index (χ4n) is 3.99. The summed E-state index contributed by atoms with van der Waals surface area (Å²) < 4.78 is 0. The van der Waals surface area contributed by atoms with Gasteiger partial charge in [0.1, 0.15) is 0 Å². The maximum absolute atomic E-state index is 5.64. The minimum atomic E-state index is -0.100. The van der Waals surface area contributed by atoms with E-state index in [-0.39, 0.29) is 41.6 Å². The summed E-state index contributed by atoms with van der Waals surface area (Å²) in [6.07, 6.45) is 6.97. The van der Waals surface area contributed by atoms with Gasteiger partial charge in [-0.25, -0.2) is 0 Å². The summed E-state index contributed by atoms with van der Waals surface area (Å²) in [6.45, 7) is 11.7. The first-order chi connectivity index (χ1) is 15.1. The molecule has 0 amide bonds. The second-order valence-electron chi connectivity index (χ2n) is 7.79. The molecule has 164 valence electrons. The molecule has 2 unspecified atom stereocenters. The van der Waals surface area contributed by atoms with Crippen molar-refractivity contribution in [2.45, 2.75) is 44.7 Å². The molecular formula is C25H33N6Na. The smallest absolute Gasteiger partial charge is 0.403 e. The SMILES string of the molecule is C=C(NC(c1ccccc1)c1c[c-]c(CC)cn1)C1CCCN1C(=C)C/C(=C/N)NN.[Na+]. The van der Waals surface area contributed by atoms with Gasteiger partial charge in [-0.3, -0.25) is 5.84 Å². The molecule has 1 fully saturated rings. The molecule has 32 heavy (non-hydrogen) atoms. The zero-order chi connectivity index (χ0) is 22.2. The molecule has 0 bridgehead atoms. The molecule has 1 saturated heterocycles. The number of hydrogen-bond donors (Lipinski definition) is 4. The number of aromatic nitrogens is 1. The van der Waals surface area contributed by atoms with Crippen LogP contribution in [0, 0.1) is 6.07 Å². The first-order valence-corrected chi connectivity index (χ1v) is 10.8. The summed E-state index contributed by atoms with van der Waals surface area (Å²) in [5.74, 6) is 5.54. The Morgan fingerprint density at radius 1 is 1.34 bits per heavy atom. The summed E-state index contributed by atoms with van der Waals surface area (Å²) in [5.41, 5.74) is 14.1. The van der Waals surface area contributed by atoms with Gasteiger partial charge in [-0.2, -0.15) is 12.1 Å². The predicted molar refractivity (Wildman–Crippen MR) is 126 cm³/mol. The largest absolute Gasteiger partial charge is 1.00 e. The van der Waals surface area contributed by atoms with E-state index in [1.807, 2.05) is 30.5 Å². The molecule has 1 aromatic heterocycles. The Morgan fingerprint density at radius 3 is 2.69 bits per heavy atom. The number of rotatable bonds is 10. The quantitative estimate of drug-likeness (QED) is 0.184. The fourth-order valence-corrected chi connectivity index (χ4v) is 3.99. The molecule has 0 saturated carbocycles. The van der Waals surface area contributed by atoms with Crippen LogP contribution in [0.1, 0.15) is 49.0 Å². The summed E-state index contributed by atoms with van der Waals surface area (Å²) in [4.78, 5) is 7.00. The topological polar surface area (TPSA) is 92.2 Å². The van der Waals surface area contributed by atoms with Gasteiger partial charge in [0, 0.05) is 42.3 Å². The number of nitrogens with zero attached hydrogens (tertiary/aromatic N) is 2. The van der Waals surface area contributed by atoms with Crippen LogP contribution in [0.3, 0.4) is 0 Å². The van der Waals surface area contributed by atoms with Crippen LogP contribution in [-0.2, 0) is 6.42 Å². The maximum atomic E-state index is 5.64. The average molecular weight is 441 g/mol. The molecule has 7 heteroatoms. The van der Waals surface area contributed by atoms with Crippen LogP contribution in [0.4, 0.5) is 0 Å². The van der Waals surface area contributed by atoms with Crippen LogP contribution in [-0.4, -0.2) is 22.5 Å². The Hall–Kier alpha value is -2.25. The van der Waals surface area contributed by atoms with E-state index in [2.05, 4.69) is 53.9 Å². The number of nitrogens with two attached hydrogens (primary N) is 2. The van der Waals surface area contributed by atoms with Crippen molar-refractivity contribution in [1.82, 2.24) is 20.6 Å². The van der Waals surface area contributed by atoms with Crippen molar-refractivity contribution in [3.8, 4) is 0 Å². The minimum Gasteiger partial charge on any atom is -0.403 e. The monoisotopic (exact) mass is 440 g/mol. The number of nitrogens with one attached hydrogen (secondary N) is 2. The molecule has 6 nitrogen and oxygen atoms in total. The van der Waals surface area contributed by atoms with Crippen molar-refractivity contribution in [3.05, 3.63) is 102 Å². The Balaban J connectivity index is 0.00000363. The standard InChI is InChI=1S/C25H33N6.Na/c1-4-20-12-13-23(28-17-20)25(21-9-6-5-7-10-21)29-19(3)24-11-8-14-31(24)18(2)15-22(16-26)30-27;/h5-7,9-10,13,16-17,24-25,29-30H,2-4,8,11,14-15,26-27H2,1H3;/q-1;+1/b22-16-;. The Labute approximate surface area is 214 Å². The van der Waals surface area contributed by atoms with E-state index in [1.54, 1.807) is 0 Å². The summed E-state index contributed by atoms with van der Waals surface area (Å²) >= 11 is 0. The Morgan fingerprint density at radius 2 is 2.09 bits per heavy atom. The number of benzene rings is 1. The maximum Gasteiger partial charge on any atom is 1.00 e. The van der Waals surface area contributed by atoms with Gasteiger partial charge in [0.25, 0.3) is 0 Å². The molecule has 3 rings (SSSR count). The summed E-state index contributed by atoms with van der Waals surface area (Å²) in [6, 6.07) is 15.7. The molecule has 1 aliphatic rings. The van der Waals surface area contributed by atoms with Crippen LogP contribution in [0.25, 0.3) is 0 Å². The van der Waals surface area contributed by atoms with Gasteiger partial charge in [-0.05, 0) is 24.1 Å². The van der Waals surface area contributed by atoms with E-state index < -0.39 is 0 Å². The molecule has 0 spiro atoms. The van der Waals surface area contributed by atoms with Gasteiger partial charge in [-0.15, -0.1) is 5.56 Å². The van der Waals surface area contributed by atoms with Gasteiger partial charge in [-0.1, -0.05) is 63.0 Å². The Kier molecular flexibility index (Phi) is 10.3. The van der Waals surface area contributed by atoms with Gasteiger partial charge in [0.15, 0.2) is 0 Å². The van der Waals surface area contributed by atoms with E-state index >= 15 is 0 Å². The van der Waals surface area contributed by atoms with E-state index in [4.69, 9.17) is 16.6 Å². The van der Waals surface area contributed by atoms with Gasteiger partial charge < -0.3 is 26.4 Å². The molecule has 6 N–H and O–H groups in total. The molecule has 1 aromatic carbocycles. The van der Waals surface area contributed by atoms with Crippen molar-refractivity contribution >= 4 is 0 Å². The van der Waals surface area contributed by atoms with E-state index in [0.717, 1.165) is 59.7 Å². The third-order valence-corrected chi connectivity index (χ3v) is 5.76. The van der Waals surface area contributed by atoms with Crippen LogP contribution < -0.4 is 51.9 Å². The summed E-state index contributed by atoms with van der Waals surface area (Å²) in [5, 5.41) is 3.66. The Bertz CT molecular complexity index is 910. The average Bonchev–Trinajstić information content (AvgIpc) is 3.32. The van der Waals surface area contributed by atoms with Crippen LogP contribution >= 0.6 is 0 Å². The number of aryl methyl sites for hydroxylation is 1. The molecular weight excluding hydrogens is 407 g/mol.